The van der Waals surface area contributed by atoms with Gasteiger partial charge in [0.2, 0.25) is 12.3 Å². The molecule has 0 bridgehead atoms. The highest BCUT2D eigenvalue weighted by Gasteiger charge is 2.31. The number of pyridine rings is 1. The molecule has 1 aromatic heterocycles. The Kier molecular flexibility index (Phi) is 4.32. The molecular weight excluding hydrogens is 309 g/mol. The zero-order valence-electron chi connectivity index (χ0n) is 10.3. The Bertz CT molecular complexity index is 645. The number of rotatable bonds is 4. The van der Waals surface area contributed by atoms with E-state index < -0.39 is 11.7 Å². The van der Waals surface area contributed by atoms with Crippen LogP contribution in [0.5, 0.6) is 11.6 Å². The molecule has 1 N–H and O–H groups in total. The predicted octanol–water partition coefficient (Wildman–Crippen LogP) is 4.11. The maximum atomic E-state index is 12.5. The second-order valence-corrected chi connectivity index (χ2v) is 4.30. The average molecular weight is 317 g/mol. The van der Waals surface area contributed by atoms with Crippen LogP contribution in [0.4, 0.5) is 18.9 Å². The van der Waals surface area contributed by atoms with Crippen LogP contribution < -0.4 is 10.1 Å². The van der Waals surface area contributed by atoms with E-state index in [9.17, 15) is 18.0 Å². The molecule has 2 aromatic rings. The number of carbonyl (C=O) groups excluding carboxylic acids is 1. The van der Waals surface area contributed by atoms with Crippen LogP contribution in [0.3, 0.4) is 0 Å². The van der Waals surface area contributed by atoms with Gasteiger partial charge < -0.3 is 10.1 Å². The van der Waals surface area contributed by atoms with Gasteiger partial charge in [-0.15, -0.1) is 0 Å². The van der Waals surface area contributed by atoms with Crippen LogP contribution in [0.15, 0.2) is 36.5 Å². The number of hydrogen-bond donors (Lipinski definition) is 1. The molecule has 0 aliphatic heterocycles. The van der Waals surface area contributed by atoms with Crippen LogP contribution in [-0.4, -0.2) is 11.4 Å². The largest absolute Gasteiger partial charge is 0.438 e. The normalized spacial score (nSPS) is 11.0. The lowest BCUT2D eigenvalue weighted by Gasteiger charge is -2.10. The molecule has 0 fully saturated rings. The van der Waals surface area contributed by atoms with Gasteiger partial charge in [-0.25, -0.2) is 4.98 Å². The molecule has 1 amide bonds. The van der Waals surface area contributed by atoms with Gasteiger partial charge in [0.15, 0.2) is 0 Å². The van der Waals surface area contributed by atoms with Crippen molar-refractivity contribution in [2.45, 2.75) is 6.18 Å². The molecule has 0 aliphatic carbocycles. The summed E-state index contributed by atoms with van der Waals surface area (Å²) in [5, 5.41) is 2.18. The molecule has 0 saturated carbocycles. The van der Waals surface area contributed by atoms with Crippen LogP contribution in [0, 0.1) is 0 Å². The van der Waals surface area contributed by atoms with Gasteiger partial charge in [-0.1, -0.05) is 11.6 Å². The summed E-state index contributed by atoms with van der Waals surface area (Å²) in [4.78, 5) is 13.8. The van der Waals surface area contributed by atoms with Gasteiger partial charge in [0.25, 0.3) is 0 Å². The molecule has 1 aromatic carbocycles. The maximum Gasteiger partial charge on any atom is 0.417 e. The van der Waals surface area contributed by atoms with Gasteiger partial charge in [0.05, 0.1) is 5.56 Å². The molecule has 21 heavy (non-hydrogen) atoms. The van der Waals surface area contributed by atoms with Crippen LogP contribution in [0.25, 0.3) is 0 Å². The molecule has 2 rings (SSSR count). The molecule has 4 nitrogen and oxygen atoms in total. The van der Waals surface area contributed by atoms with Crippen LogP contribution in [-0.2, 0) is 11.0 Å². The number of hydrogen-bond acceptors (Lipinski definition) is 3. The highest BCUT2D eigenvalue weighted by molar-refractivity contribution is 6.31. The van der Waals surface area contributed by atoms with Crippen molar-refractivity contribution in [3.05, 3.63) is 47.1 Å². The lowest BCUT2D eigenvalue weighted by Crippen LogP contribution is -2.05. The molecule has 0 radical (unpaired) electrons. The summed E-state index contributed by atoms with van der Waals surface area (Å²) in [5.41, 5.74) is -0.408. The van der Waals surface area contributed by atoms with E-state index in [4.69, 9.17) is 16.3 Å². The number of nitrogens with one attached hydrogen (secondary N) is 1. The SMILES string of the molecule is O=CNc1ccc(Oc2ncc(C(F)(F)F)cc2Cl)cc1. The zero-order chi connectivity index (χ0) is 15.5. The quantitative estimate of drug-likeness (QED) is 0.863. The van der Waals surface area contributed by atoms with E-state index in [0.29, 0.717) is 24.0 Å². The second-order valence-electron chi connectivity index (χ2n) is 3.90. The first kappa shape index (κ1) is 15.1. The fourth-order valence-electron chi connectivity index (χ4n) is 1.45. The monoisotopic (exact) mass is 316 g/mol. The second kappa shape index (κ2) is 6.01. The fraction of sp³-hybridized carbons (Fsp3) is 0.0769. The molecule has 0 spiro atoms. The number of halogens is 4. The van der Waals surface area contributed by atoms with E-state index in [2.05, 4.69) is 10.3 Å². The van der Waals surface area contributed by atoms with Crippen molar-refractivity contribution >= 4 is 23.7 Å². The van der Waals surface area contributed by atoms with E-state index in [-0.39, 0.29) is 10.9 Å². The molecule has 0 aliphatic rings. The van der Waals surface area contributed by atoms with E-state index >= 15 is 0 Å². The minimum absolute atomic E-state index is 0.138. The highest BCUT2D eigenvalue weighted by atomic mass is 35.5. The number of anilines is 1. The summed E-state index contributed by atoms with van der Waals surface area (Å²) in [6.07, 6.45) is -3.36. The molecule has 0 saturated heterocycles. The third-order valence-corrected chi connectivity index (χ3v) is 2.70. The van der Waals surface area contributed by atoms with E-state index in [1.165, 1.54) is 12.1 Å². The smallest absolute Gasteiger partial charge is 0.417 e. The van der Waals surface area contributed by atoms with E-state index in [0.717, 1.165) is 6.07 Å². The summed E-state index contributed by atoms with van der Waals surface area (Å²) >= 11 is 5.72. The van der Waals surface area contributed by atoms with Gasteiger partial charge in [0.1, 0.15) is 10.8 Å². The molecule has 110 valence electrons. The summed E-state index contributed by atoms with van der Waals surface area (Å²) in [6.45, 7) is 0. The van der Waals surface area contributed by atoms with Crippen molar-refractivity contribution in [1.29, 1.82) is 0 Å². The fourth-order valence-corrected chi connectivity index (χ4v) is 1.66. The minimum Gasteiger partial charge on any atom is -0.438 e. The lowest BCUT2D eigenvalue weighted by molar-refractivity contribution is -0.137. The standard InChI is InChI=1S/C13H8ClF3N2O2/c14-11-5-8(13(15,16)17)6-18-12(11)21-10-3-1-9(2-4-10)19-7-20/h1-7H,(H,19,20). The topological polar surface area (TPSA) is 51.2 Å². The Hall–Kier alpha value is -2.28. The molecule has 8 heteroatoms. The number of carbonyl (C=O) groups is 1. The number of alkyl halides is 3. The Labute approximate surface area is 122 Å². The Morgan fingerprint density at radius 3 is 2.43 bits per heavy atom. The van der Waals surface area contributed by atoms with Gasteiger partial charge in [-0.3, -0.25) is 4.79 Å². The minimum atomic E-state index is -4.52. The number of aromatic nitrogens is 1. The number of amides is 1. The van der Waals surface area contributed by atoms with Crippen molar-refractivity contribution in [2.24, 2.45) is 0 Å². The summed E-state index contributed by atoms with van der Waals surface area (Å²) in [5.74, 6) is 0.182. The lowest BCUT2D eigenvalue weighted by atomic mass is 10.3. The summed E-state index contributed by atoms with van der Waals surface area (Å²) in [7, 11) is 0. The molecular formula is C13H8ClF3N2O2. The van der Waals surface area contributed by atoms with Crippen LogP contribution in [0.1, 0.15) is 5.56 Å². The Balaban J connectivity index is 2.18. The number of ether oxygens (including phenoxy) is 1. The van der Waals surface area contributed by atoms with Gasteiger partial charge in [-0.05, 0) is 30.3 Å². The third kappa shape index (κ3) is 3.85. The first-order valence-corrected chi connectivity index (χ1v) is 5.99. The van der Waals surface area contributed by atoms with Gasteiger partial charge in [0, 0.05) is 11.9 Å². The van der Waals surface area contributed by atoms with Crippen molar-refractivity contribution < 1.29 is 22.7 Å². The first-order valence-electron chi connectivity index (χ1n) is 5.61. The average Bonchev–Trinajstić information content (AvgIpc) is 2.42. The Morgan fingerprint density at radius 2 is 1.90 bits per heavy atom. The van der Waals surface area contributed by atoms with Crippen molar-refractivity contribution in [1.82, 2.24) is 4.98 Å². The number of nitrogens with zero attached hydrogens (tertiary/aromatic N) is 1. The first-order chi connectivity index (χ1) is 9.90. The Morgan fingerprint density at radius 1 is 1.24 bits per heavy atom. The molecule has 1 heterocycles. The number of benzene rings is 1. The summed E-state index contributed by atoms with van der Waals surface area (Å²) < 4.78 is 42.7. The van der Waals surface area contributed by atoms with Crippen LogP contribution >= 0.6 is 11.6 Å². The van der Waals surface area contributed by atoms with Gasteiger partial charge >= 0.3 is 6.18 Å². The maximum absolute atomic E-state index is 12.5. The highest BCUT2D eigenvalue weighted by Crippen LogP contribution is 2.34. The van der Waals surface area contributed by atoms with E-state index in [1.807, 2.05) is 0 Å². The zero-order valence-corrected chi connectivity index (χ0v) is 11.1. The van der Waals surface area contributed by atoms with Crippen molar-refractivity contribution in [3.63, 3.8) is 0 Å². The van der Waals surface area contributed by atoms with Crippen LogP contribution in [0.2, 0.25) is 5.02 Å². The molecule has 0 unspecified atom stereocenters. The summed E-state index contributed by atoms with van der Waals surface area (Å²) in [6, 6.07) is 6.89. The van der Waals surface area contributed by atoms with E-state index in [1.54, 1.807) is 12.1 Å². The third-order valence-electron chi connectivity index (χ3n) is 2.43. The van der Waals surface area contributed by atoms with Crippen molar-refractivity contribution in [3.8, 4) is 11.6 Å². The van der Waals surface area contributed by atoms with Gasteiger partial charge in [-0.2, -0.15) is 13.2 Å². The molecule has 0 atom stereocenters. The van der Waals surface area contributed by atoms with Crippen molar-refractivity contribution in [2.75, 3.05) is 5.32 Å². The predicted molar refractivity (Wildman–Crippen MR) is 70.5 cm³/mol.